The Morgan fingerprint density at radius 3 is 2.80 bits per heavy atom. The van der Waals surface area contributed by atoms with E-state index in [4.69, 9.17) is 11.0 Å². The summed E-state index contributed by atoms with van der Waals surface area (Å²) < 4.78 is 0. The van der Waals surface area contributed by atoms with Gasteiger partial charge in [0, 0.05) is 13.1 Å². The first kappa shape index (κ1) is 13.3. The van der Waals surface area contributed by atoms with Gasteiger partial charge in [0.2, 0.25) is 0 Å². The predicted octanol–water partition coefficient (Wildman–Crippen LogP) is 3.49. The van der Waals surface area contributed by atoms with Gasteiger partial charge in [-0.05, 0) is 23.8 Å². The number of anilines is 2. The topological polar surface area (TPSA) is 53.0 Å². The van der Waals surface area contributed by atoms with Crippen molar-refractivity contribution in [2.75, 3.05) is 23.4 Å². The first-order valence-electron chi connectivity index (χ1n) is 6.42. The lowest BCUT2D eigenvalue weighted by atomic mass is 10.0. The molecule has 1 aromatic heterocycles. The molecule has 0 radical (unpaired) electrons. The molecule has 2 heterocycles. The van der Waals surface area contributed by atoms with Crippen molar-refractivity contribution in [3.63, 3.8) is 0 Å². The maximum atomic E-state index is 9.16. The Morgan fingerprint density at radius 2 is 2.10 bits per heavy atom. The smallest absolute Gasteiger partial charge is 0.131 e. The first-order valence-corrected chi connectivity index (χ1v) is 8.46. The monoisotopic (exact) mass is 301 g/mol. The molecule has 0 unspecified atom stereocenters. The summed E-state index contributed by atoms with van der Waals surface area (Å²) in [5.41, 5.74) is 9.51. The molecule has 0 atom stereocenters. The molecule has 2 aromatic rings. The molecular formula is C15H15N3S2. The molecule has 1 aliphatic rings. The molecule has 5 heteroatoms. The SMILES string of the molecule is CSc1c(N2CCc3ccccc3C2)sc(C#N)c1N. The number of nitriles is 1. The highest BCUT2D eigenvalue weighted by Gasteiger charge is 2.23. The fraction of sp³-hybridized carbons (Fsp3) is 0.267. The second-order valence-electron chi connectivity index (χ2n) is 4.74. The Bertz CT molecular complexity index is 685. The van der Waals surface area contributed by atoms with Gasteiger partial charge in [-0.3, -0.25) is 0 Å². The summed E-state index contributed by atoms with van der Waals surface area (Å²) in [6.07, 6.45) is 3.06. The van der Waals surface area contributed by atoms with Gasteiger partial charge in [0.05, 0.1) is 10.6 Å². The first-order chi connectivity index (χ1) is 9.74. The van der Waals surface area contributed by atoms with Crippen molar-refractivity contribution in [1.82, 2.24) is 0 Å². The van der Waals surface area contributed by atoms with E-state index in [9.17, 15) is 0 Å². The van der Waals surface area contributed by atoms with Gasteiger partial charge in [-0.15, -0.1) is 23.1 Å². The quantitative estimate of drug-likeness (QED) is 0.863. The average molecular weight is 301 g/mol. The zero-order valence-corrected chi connectivity index (χ0v) is 12.9. The molecule has 2 N–H and O–H groups in total. The van der Waals surface area contributed by atoms with E-state index in [0.29, 0.717) is 10.6 Å². The van der Waals surface area contributed by atoms with Crippen LogP contribution in [0, 0.1) is 11.3 Å². The molecule has 102 valence electrons. The molecular weight excluding hydrogens is 286 g/mol. The molecule has 1 aromatic carbocycles. The third kappa shape index (κ3) is 2.15. The van der Waals surface area contributed by atoms with Crippen LogP contribution in [0.3, 0.4) is 0 Å². The Labute approximate surface area is 127 Å². The normalized spacial score (nSPS) is 13.9. The minimum absolute atomic E-state index is 0.628. The molecule has 3 nitrogen and oxygen atoms in total. The van der Waals surface area contributed by atoms with Gasteiger partial charge in [0.25, 0.3) is 0 Å². The zero-order valence-electron chi connectivity index (χ0n) is 11.2. The van der Waals surface area contributed by atoms with Gasteiger partial charge in [0.15, 0.2) is 0 Å². The third-order valence-electron chi connectivity index (χ3n) is 3.61. The van der Waals surface area contributed by atoms with Crippen LogP contribution < -0.4 is 10.6 Å². The number of nitrogens with two attached hydrogens (primary N) is 1. The minimum Gasteiger partial charge on any atom is -0.396 e. The van der Waals surface area contributed by atoms with E-state index in [0.717, 1.165) is 29.4 Å². The number of rotatable bonds is 2. The summed E-state index contributed by atoms with van der Waals surface area (Å²) in [4.78, 5) is 4.02. The van der Waals surface area contributed by atoms with E-state index >= 15 is 0 Å². The molecule has 20 heavy (non-hydrogen) atoms. The van der Waals surface area contributed by atoms with Crippen molar-refractivity contribution >= 4 is 33.8 Å². The van der Waals surface area contributed by atoms with Crippen molar-refractivity contribution in [2.45, 2.75) is 17.9 Å². The second-order valence-corrected chi connectivity index (χ2v) is 6.55. The summed E-state index contributed by atoms with van der Waals surface area (Å²) in [7, 11) is 0. The van der Waals surface area contributed by atoms with Crippen LogP contribution in [-0.2, 0) is 13.0 Å². The maximum Gasteiger partial charge on any atom is 0.131 e. The van der Waals surface area contributed by atoms with Gasteiger partial charge in [0.1, 0.15) is 15.9 Å². The fourth-order valence-electron chi connectivity index (χ4n) is 2.57. The number of thioether (sulfide) groups is 1. The van der Waals surface area contributed by atoms with Crippen LogP contribution in [0.2, 0.25) is 0 Å². The average Bonchev–Trinajstić information content (AvgIpc) is 2.82. The molecule has 0 saturated heterocycles. The highest BCUT2D eigenvalue weighted by Crippen LogP contribution is 2.44. The molecule has 1 aliphatic heterocycles. The van der Waals surface area contributed by atoms with Gasteiger partial charge in [-0.2, -0.15) is 5.26 Å². The van der Waals surface area contributed by atoms with Gasteiger partial charge in [-0.1, -0.05) is 24.3 Å². The van der Waals surface area contributed by atoms with Crippen LogP contribution in [0.15, 0.2) is 29.2 Å². The number of benzene rings is 1. The van der Waals surface area contributed by atoms with Crippen LogP contribution in [0.5, 0.6) is 0 Å². The lowest BCUT2D eigenvalue weighted by Gasteiger charge is -2.30. The van der Waals surface area contributed by atoms with Gasteiger partial charge >= 0.3 is 0 Å². The van der Waals surface area contributed by atoms with Crippen LogP contribution in [0.1, 0.15) is 16.0 Å². The van der Waals surface area contributed by atoms with E-state index in [1.165, 1.54) is 22.5 Å². The van der Waals surface area contributed by atoms with Gasteiger partial charge in [-0.25, -0.2) is 0 Å². The summed E-state index contributed by atoms with van der Waals surface area (Å²) in [6, 6.07) is 10.8. The summed E-state index contributed by atoms with van der Waals surface area (Å²) in [5, 5.41) is 10.3. The lowest BCUT2D eigenvalue weighted by molar-refractivity contribution is 0.733. The summed E-state index contributed by atoms with van der Waals surface area (Å²) in [6.45, 7) is 1.88. The number of hydrogen-bond donors (Lipinski definition) is 1. The number of thiophene rings is 1. The van der Waals surface area contributed by atoms with E-state index in [2.05, 4.69) is 35.2 Å². The van der Waals surface area contributed by atoms with Gasteiger partial charge < -0.3 is 10.6 Å². The van der Waals surface area contributed by atoms with Crippen molar-refractivity contribution < 1.29 is 0 Å². The lowest BCUT2D eigenvalue weighted by Crippen LogP contribution is -2.29. The minimum atomic E-state index is 0.628. The summed E-state index contributed by atoms with van der Waals surface area (Å²) in [5.74, 6) is 0. The number of nitrogen functional groups attached to an aromatic ring is 1. The molecule has 3 rings (SSSR count). The summed E-state index contributed by atoms with van der Waals surface area (Å²) >= 11 is 3.14. The molecule has 0 bridgehead atoms. The van der Waals surface area contributed by atoms with Crippen molar-refractivity contribution in [1.29, 1.82) is 5.26 Å². The Balaban J connectivity index is 1.98. The molecule has 0 aliphatic carbocycles. The number of nitrogens with zero attached hydrogens (tertiary/aromatic N) is 2. The van der Waals surface area contributed by atoms with E-state index in [1.54, 1.807) is 11.8 Å². The number of hydrogen-bond acceptors (Lipinski definition) is 5. The Kier molecular flexibility index (Phi) is 3.60. The van der Waals surface area contributed by atoms with Crippen LogP contribution in [-0.4, -0.2) is 12.8 Å². The van der Waals surface area contributed by atoms with Crippen molar-refractivity contribution in [3.05, 3.63) is 40.3 Å². The van der Waals surface area contributed by atoms with Crippen molar-refractivity contribution in [2.24, 2.45) is 0 Å². The second kappa shape index (κ2) is 5.39. The van der Waals surface area contributed by atoms with Crippen LogP contribution >= 0.6 is 23.1 Å². The molecule has 0 saturated carbocycles. The Hall–Kier alpha value is -1.64. The fourth-order valence-corrected chi connectivity index (χ4v) is 4.58. The predicted molar refractivity (Wildman–Crippen MR) is 86.4 cm³/mol. The molecule has 0 spiro atoms. The van der Waals surface area contributed by atoms with E-state index in [-0.39, 0.29) is 0 Å². The van der Waals surface area contributed by atoms with Crippen LogP contribution in [0.4, 0.5) is 10.7 Å². The standard InChI is InChI=1S/C15H15N3S2/c1-19-14-13(17)12(8-16)20-15(14)18-7-6-10-4-2-3-5-11(10)9-18/h2-5H,6-7,9,17H2,1H3. The van der Waals surface area contributed by atoms with Crippen molar-refractivity contribution in [3.8, 4) is 6.07 Å². The molecule has 0 amide bonds. The zero-order chi connectivity index (χ0) is 14.1. The molecule has 0 fully saturated rings. The largest absolute Gasteiger partial charge is 0.396 e. The van der Waals surface area contributed by atoms with Crippen LogP contribution in [0.25, 0.3) is 0 Å². The third-order valence-corrected chi connectivity index (χ3v) is 5.73. The highest BCUT2D eigenvalue weighted by atomic mass is 32.2. The van der Waals surface area contributed by atoms with E-state index in [1.807, 2.05) is 6.26 Å². The number of fused-ring (bicyclic) bond motifs is 1. The Morgan fingerprint density at radius 1 is 1.35 bits per heavy atom. The highest BCUT2D eigenvalue weighted by molar-refractivity contribution is 7.99. The van der Waals surface area contributed by atoms with E-state index < -0.39 is 0 Å². The maximum absolute atomic E-state index is 9.16.